The number of ether oxygens (including phenoxy) is 2. The first-order chi connectivity index (χ1) is 17.2. The molecular formula is C24H27N5O7. The number of aromatic amines is 1. The quantitative estimate of drug-likeness (QED) is 0.523. The SMILES string of the molecule is COC(=O)c1cc(NC(=O)C2CC(=O)Nc3nc(N4CCCCC4C)[nH]c(=O)c32)cc(C(=O)OC)c1. The number of nitrogens with one attached hydrogen (secondary N) is 3. The molecule has 36 heavy (non-hydrogen) atoms. The molecule has 190 valence electrons. The van der Waals surface area contributed by atoms with Gasteiger partial charge in [-0.3, -0.25) is 19.4 Å². The first-order valence-electron chi connectivity index (χ1n) is 11.5. The summed E-state index contributed by atoms with van der Waals surface area (Å²) >= 11 is 0. The molecule has 2 amide bonds. The number of anilines is 3. The van der Waals surface area contributed by atoms with Gasteiger partial charge in [0.25, 0.3) is 5.56 Å². The molecule has 12 heteroatoms. The lowest BCUT2D eigenvalue weighted by Gasteiger charge is -2.34. The van der Waals surface area contributed by atoms with E-state index in [2.05, 4.69) is 20.6 Å². The first kappa shape index (κ1) is 24.9. The Morgan fingerprint density at radius 1 is 1.06 bits per heavy atom. The number of fused-ring (bicyclic) bond motifs is 1. The number of carbonyl (C=O) groups is 4. The molecule has 3 N–H and O–H groups in total. The van der Waals surface area contributed by atoms with Crippen molar-refractivity contribution in [1.82, 2.24) is 9.97 Å². The highest BCUT2D eigenvalue weighted by molar-refractivity contribution is 6.05. The minimum atomic E-state index is -1.14. The molecule has 2 unspecified atom stereocenters. The summed E-state index contributed by atoms with van der Waals surface area (Å²) < 4.78 is 9.42. The van der Waals surface area contributed by atoms with Crippen molar-refractivity contribution in [3.63, 3.8) is 0 Å². The number of H-pyrrole nitrogens is 1. The molecule has 0 bridgehead atoms. The Bertz CT molecular complexity index is 1250. The second kappa shape index (κ2) is 10.2. The maximum absolute atomic E-state index is 13.3. The van der Waals surface area contributed by atoms with Gasteiger partial charge in [0, 0.05) is 24.7 Å². The lowest BCUT2D eigenvalue weighted by atomic mass is 9.92. The summed E-state index contributed by atoms with van der Waals surface area (Å²) in [6.45, 7) is 2.76. The van der Waals surface area contributed by atoms with Gasteiger partial charge in [-0.05, 0) is 44.4 Å². The predicted molar refractivity (Wildman–Crippen MR) is 129 cm³/mol. The van der Waals surface area contributed by atoms with Crippen molar-refractivity contribution < 1.29 is 28.7 Å². The monoisotopic (exact) mass is 497 g/mol. The molecule has 1 aromatic heterocycles. The lowest BCUT2D eigenvalue weighted by molar-refractivity contribution is -0.123. The molecular weight excluding hydrogens is 470 g/mol. The van der Waals surface area contributed by atoms with E-state index in [1.54, 1.807) is 0 Å². The van der Waals surface area contributed by atoms with Gasteiger partial charge in [0.1, 0.15) is 5.82 Å². The summed E-state index contributed by atoms with van der Waals surface area (Å²) in [6.07, 6.45) is 2.72. The van der Waals surface area contributed by atoms with E-state index in [1.807, 2.05) is 11.8 Å². The Hall–Kier alpha value is -4.22. The average molecular weight is 498 g/mol. The van der Waals surface area contributed by atoms with E-state index < -0.39 is 35.2 Å². The van der Waals surface area contributed by atoms with Crippen LogP contribution in [0.25, 0.3) is 0 Å². The Kier molecular flexibility index (Phi) is 7.04. The van der Waals surface area contributed by atoms with Crippen LogP contribution < -0.4 is 21.1 Å². The van der Waals surface area contributed by atoms with Crippen LogP contribution in [-0.2, 0) is 19.1 Å². The minimum absolute atomic E-state index is 0.0114. The van der Waals surface area contributed by atoms with Crippen LogP contribution in [0.4, 0.5) is 17.5 Å². The zero-order valence-corrected chi connectivity index (χ0v) is 20.2. The molecule has 3 heterocycles. The number of hydrogen-bond acceptors (Lipinski definition) is 9. The van der Waals surface area contributed by atoms with E-state index in [0.717, 1.165) is 25.8 Å². The minimum Gasteiger partial charge on any atom is -0.465 e. The van der Waals surface area contributed by atoms with Gasteiger partial charge in [-0.1, -0.05) is 0 Å². The van der Waals surface area contributed by atoms with Gasteiger partial charge in [0.05, 0.1) is 36.8 Å². The van der Waals surface area contributed by atoms with Crippen LogP contribution in [0, 0.1) is 0 Å². The van der Waals surface area contributed by atoms with Gasteiger partial charge < -0.3 is 25.0 Å². The molecule has 2 aromatic rings. The number of methoxy groups -OCH3 is 2. The van der Waals surface area contributed by atoms with Crippen LogP contribution >= 0.6 is 0 Å². The zero-order valence-electron chi connectivity index (χ0n) is 20.2. The molecule has 1 fully saturated rings. The standard InChI is InChI=1S/C24H27N5O7/c1-12-6-4-5-7-29(12)24-27-19-18(21(32)28-24)16(11-17(30)26-19)20(31)25-15-9-13(22(33)35-2)8-14(10-15)23(34)36-3/h8-10,12,16H,4-7,11H2,1-3H3,(H,25,31)(H2,26,27,28,30,32). The van der Waals surface area contributed by atoms with Gasteiger partial charge in [-0.15, -0.1) is 0 Å². The molecule has 4 rings (SSSR count). The number of piperidine rings is 1. The highest BCUT2D eigenvalue weighted by atomic mass is 16.5. The van der Waals surface area contributed by atoms with E-state index >= 15 is 0 Å². The molecule has 0 spiro atoms. The van der Waals surface area contributed by atoms with E-state index in [0.29, 0.717) is 5.95 Å². The molecule has 2 aliphatic heterocycles. The van der Waals surface area contributed by atoms with E-state index in [-0.39, 0.29) is 40.7 Å². The van der Waals surface area contributed by atoms with Crippen LogP contribution in [0.2, 0.25) is 0 Å². The molecule has 0 saturated carbocycles. The summed E-state index contributed by atoms with van der Waals surface area (Å²) in [5.74, 6) is -3.33. The second-order valence-electron chi connectivity index (χ2n) is 8.77. The highest BCUT2D eigenvalue weighted by Gasteiger charge is 2.36. The molecule has 0 aliphatic carbocycles. The smallest absolute Gasteiger partial charge is 0.337 e. The van der Waals surface area contributed by atoms with Gasteiger partial charge in [-0.2, -0.15) is 4.98 Å². The third-order valence-electron chi connectivity index (χ3n) is 6.37. The van der Waals surface area contributed by atoms with Gasteiger partial charge in [0.15, 0.2) is 0 Å². The average Bonchev–Trinajstić information content (AvgIpc) is 2.86. The van der Waals surface area contributed by atoms with E-state index in [4.69, 9.17) is 9.47 Å². The fourth-order valence-electron chi connectivity index (χ4n) is 4.53. The normalized spacial score (nSPS) is 19.1. The number of carbonyl (C=O) groups excluding carboxylic acids is 4. The lowest BCUT2D eigenvalue weighted by Crippen LogP contribution is -2.42. The van der Waals surface area contributed by atoms with Crippen LogP contribution in [0.5, 0.6) is 0 Å². The number of aromatic nitrogens is 2. The van der Waals surface area contributed by atoms with Crippen molar-refractivity contribution in [2.75, 3.05) is 36.3 Å². The fourth-order valence-corrected chi connectivity index (χ4v) is 4.53. The molecule has 1 aromatic carbocycles. The number of nitrogens with zero attached hydrogens (tertiary/aromatic N) is 2. The number of amides is 2. The van der Waals surface area contributed by atoms with Crippen molar-refractivity contribution in [1.29, 1.82) is 0 Å². The van der Waals surface area contributed by atoms with Gasteiger partial charge >= 0.3 is 11.9 Å². The number of esters is 2. The van der Waals surface area contributed by atoms with E-state index in [1.165, 1.54) is 32.4 Å². The largest absolute Gasteiger partial charge is 0.465 e. The zero-order chi connectivity index (χ0) is 26.0. The van der Waals surface area contributed by atoms with Crippen molar-refractivity contribution in [3.05, 3.63) is 45.2 Å². The summed E-state index contributed by atoms with van der Waals surface area (Å²) in [4.78, 5) is 72.1. The van der Waals surface area contributed by atoms with E-state index in [9.17, 15) is 24.0 Å². The first-order valence-corrected chi connectivity index (χ1v) is 11.5. The van der Waals surface area contributed by atoms with Gasteiger partial charge in [-0.25, -0.2) is 9.59 Å². The van der Waals surface area contributed by atoms with Gasteiger partial charge in [0.2, 0.25) is 17.8 Å². The third kappa shape index (κ3) is 4.92. The molecule has 12 nitrogen and oxygen atoms in total. The number of benzene rings is 1. The number of rotatable bonds is 5. The highest BCUT2D eigenvalue weighted by Crippen LogP contribution is 2.31. The third-order valence-corrected chi connectivity index (χ3v) is 6.37. The van der Waals surface area contributed by atoms with Crippen LogP contribution in [0.1, 0.15) is 64.8 Å². The predicted octanol–water partition coefficient (Wildman–Crippen LogP) is 1.79. The van der Waals surface area contributed by atoms with Crippen LogP contribution in [0.3, 0.4) is 0 Å². The topological polar surface area (TPSA) is 160 Å². The fraction of sp³-hybridized carbons (Fsp3) is 0.417. The Morgan fingerprint density at radius 3 is 2.33 bits per heavy atom. The molecule has 2 aliphatic rings. The molecule has 2 atom stereocenters. The maximum atomic E-state index is 13.3. The molecule has 1 saturated heterocycles. The Balaban J connectivity index is 1.67. The molecule has 0 radical (unpaired) electrons. The second-order valence-corrected chi connectivity index (χ2v) is 8.77. The summed E-state index contributed by atoms with van der Waals surface area (Å²) in [5.41, 5.74) is -0.363. The van der Waals surface area contributed by atoms with Crippen LogP contribution in [-0.4, -0.2) is 60.5 Å². The summed E-state index contributed by atoms with van der Waals surface area (Å²) in [7, 11) is 2.36. The number of hydrogen-bond donors (Lipinski definition) is 3. The van der Waals surface area contributed by atoms with Crippen LogP contribution in [0.15, 0.2) is 23.0 Å². The Labute approximate surface area is 206 Å². The van der Waals surface area contributed by atoms with Crippen molar-refractivity contribution in [2.45, 2.75) is 44.6 Å². The van der Waals surface area contributed by atoms with Crippen molar-refractivity contribution >= 4 is 41.2 Å². The summed E-state index contributed by atoms with van der Waals surface area (Å²) in [6, 6.07) is 4.09. The Morgan fingerprint density at radius 2 is 1.72 bits per heavy atom. The van der Waals surface area contributed by atoms with Crippen molar-refractivity contribution in [3.8, 4) is 0 Å². The van der Waals surface area contributed by atoms with Crippen molar-refractivity contribution in [2.24, 2.45) is 0 Å². The maximum Gasteiger partial charge on any atom is 0.337 e. The summed E-state index contributed by atoms with van der Waals surface area (Å²) in [5, 5.41) is 5.21.